The second-order valence-corrected chi connectivity index (χ2v) is 3.85. The number of hydrogen-bond donors (Lipinski definition) is 3. The Balaban J connectivity index is 2.69. The van der Waals surface area contributed by atoms with Crippen molar-refractivity contribution >= 4 is 20.1 Å². The van der Waals surface area contributed by atoms with E-state index >= 15 is 0 Å². The van der Waals surface area contributed by atoms with Crippen molar-refractivity contribution in [2.45, 2.75) is 19.7 Å². The van der Waals surface area contributed by atoms with Crippen LogP contribution in [0.2, 0.25) is 13.6 Å². The van der Waals surface area contributed by atoms with Gasteiger partial charge in [-0.2, -0.15) is 0 Å². The number of aliphatic carboxylic acids is 1. The van der Waals surface area contributed by atoms with E-state index in [0.717, 1.165) is 0 Å². The van der Waals surface area contributed by atoms with Crippen LogP contribution in [-0.4, -0.2) is 70.5 Å². The van der Waals surface area contributed by atoms with Gasteiger partial charge in [0.15, 0.2) is 0 Å². The molecular formula is C7H16B2N2O4. The van der Waals surface area contributed by atoms with Crippen molar-refractivity contribution in [1.82, 2.24) is 9.62 Å². The lowest BCUT2D eigenvalue weighted by Crippen LogP contribution is -2.62. The summed E-state index contributed by atoms with van der Waals surface area (Å²) >= 11 is 0. The number of carboxylic acids is 1. The molecule has 1 aliphatic heterocycles. The molecule has 0 saturated carbocycles. The van der Waals surface area contributed by atoms with E-state index in [1.165, 1.54) is 4.81 Å². The molecule has 3 N–H and O–H groups in total. The Hall–Kier alpha value is -0.560. The van der Waals surface area contributed by atoms with Gasteiger partial charge in [0.25, 0.3) is 0 Å². The zero-order valence-corrected chi connectivity index (χ0v) is 9.00. The van der Waals surface area contributed by atoms with Gasteiger partial charge in [-0.25, -0.2) is 0 Å². The van der Waals surface area contributed by atoms with Gasteiger partial charge in [0, 0.05) is 19.6 Å². The highest BCUT2D eigenvalue weighted by Gasteiger charge is 2.37. The summed E-state index contributed by atoms with van der Waals surface area (Å²) in [6.07, 6.45) is 0. The average molecular weight is 214 g/mol. The summed E-state index contributed by atoms with van der Waals surface area (Å²) in [6, 6.07) is -0.756. The maximum atomic E-state index is 11.0. The van der Waals surface area contributed by atoms with Gasteiger partial charge < -0.3 is 24.8 Å². The molecule has 1 saturated heterocycles. The molecule has 6 nitrogen and oxygen atoms in total. The Morgan fingerprint density at radius 2 is 1.87 bits per heavy atom. The summed E-state index contributed by atoms with van der Waals surface area (Å²) in [4.78, 5) is 14.2. The number of rotatable bonds is 3. The molecule has 0 spiro atoms. The van der Waals surface area contributed by atoms with Crippen molar-refractivity contribution in [3.63, 3.8) is 0 Å². The van der Waals surface area contributed by atoms with Crippen LogP contribution in [0.3, 0.4) is 0 Å². The predicted molar refractivity (Wildman–Crippen MR) is 57.4 cm³/mol. The maximum absolute atomic E-state index is 11.0. The van der Waals surface area contributed by atoms with E-state index in [1.54, 1.807) is 18.5 Å². The summed E-state index contributed by atoms with van der Waals surface area (Å²) in [5, 5.41) is 27.8. The van der Waals surface area contributed by atoms with E-state index < -0.39 is 26.1 Å². The van der Waals surface area contributed by atoms with Gasteiger partial charge in [-0.3, -0.25) is 4.79 Å². The second-order valence-electron chi connectivity index (χ2n) is 3.85. The number of hydrogen-bond acceptors (Lipinski definition) is 5. The summed E-state index contributed by atoms with van der Waals surface area (Å²) in [5.41, 5.74) is 0. The van der Waals surface area contributed by atoms with Crippen molar-refractivity contribution in [2.75, 3.05) is 19.6 Å². The van der Waals surface area contributed by atoms with E-state index in [4.69, 9.17) is 5.11 Å². The summed E-state index contributed by atoms with van der Waals surface area (Å²) < 4.78 is 0. The average Bonchev–Trinajstić information content (AvgIpc) is 2.16. The van der Waals surface area contributed by atoms with Crippen LogP contribution in [-0.2, 0) is 4.79 Å². The molecule has 0 unspecified atom stereocenters. The first-order valence-corrected chi connectivity index (χ1v) is 5.02. The first-order valence-electron chi connectivity index (χ1n) is 5.02. The highest BCUT2D eigenvalue weighted by atomic mass is 16.4. The monoisotopic (exact) mass is 214 g/mol. The number of carboxylic acid groups (broad SMARTS) is 1. The molecule has 15 heavy (non-hydrogen) atoms. The molecule has 84 valence electrons. The van der Waals surface area contributed by atoms with Gasteiger partial charge in [0.1, 0.15) is 6.04 Å². The molecule has 0 aromatic carbocycles. The Kier molecular flexibility index (Phi) is 4.15. The molecule has 0 aromatic rings. The Labute approximate surface area is 89.7 Å². The lowest BCUT2D eigenvalue weighted by Gasteiger charge is -2.40. The van der Waals surface area contributed by atoms with Crippen molar-refractivity contribution < 1.29 is 19.9 Å². The molecule has 0 amide bonds. The van der Waals surface area contributed by atoms with Crippen LogP contribution >= 0.6 is 0 Å². The molecule has 0 bridgehead atoms. The van der Waals surface area contributed by atoms with E-state index in [-0.39, 0.29) is 6.54 Å². The van der Waals surface area contributed by atoms with Crippen LogP contribution in [0.15, 0.2) is 0 Å². The van der Waals surface area contributed by atoms with Gasteiger partial charge in [-0.15, -0.1) is 0 Å². The van der Waals surface area contributed by atoms with Crippen LogP contribution < -0.4 is 0 Å². The minimum atomic E-state index is -0.971. The molecule has 0 radical (unpaired) electrons. The fourth-order valence-electron chi connectivity index (χ4n) is 1.82. The van der Waals surface area contributed by atoms with Gasteiger partial charge >= 0.3 is 20.1 Å². The predicted octanol–water partition coefficient (Wildman–Crippen LogP) is -1.72. The summed E-state index contributed by atoms with van der Waals surface area (Å²) in [6.45, 7) is 4.40. The SMILES string of the molecule is CB(O)N1CCN(B(C)O)[C@@H](C(=O)O)C1. The van der Waals surface area contributed by atoms with Crippen LogP contribution in [0.5, 0.6) is 0 Å². The van der Waals surface area contributed by atoms with Gasteiger partial charge in [0.2, 0.25) is 0 Å². The lowest BCUT2D eigenvalue weighted by atomic mass is 9.78. The molecule has 0 aromatic heterocycles. The third kappa shape index (κ3) is 2.94. The fraction of sp³-hybridized carbons (Fsp3) is 0.857. The highest BCUT2D eigenvalue weighted by Crippen LogP contribution is 2.11. The van der Waals surface area contributed by atoms with E-state index in [9.17, 15) is 14.8 Å². The standard InChI is InChI=1S/C7H16B2N2O4/c1-8(14)10-3-4-11(9(2)15)6(5-10)7(12)13/h6,14-15H,3-5H2,1-2H3,(H,12,13)/t6-/m1/s1. The van der Waals surface area contributed by atoms with Crippen LogP contribution in [0.4, 0.5) is 0 Å². The Bertz CT molecular complexity index is 239. The fourth-order valence-corrected chi connectivity index (χ4v) is 1.82. The summed E-state index contributed by atoms with van der Waals surface area (Å²) in [5.74, 6) is -0.971. The van der Waals surface area contributed by atoms with E-state index in [1.807, 2.05) is 0 Å². The lowest BCUT2D eigenvalue weighted by molar-refractivity contribution is -0.143. The zero-order chi connectivity index (χ0) is 11.6. The van der Waals surface area contributed by atoms with Crippen molar-refractivity contribution in [1.29, 1.82) is 0 Å². The van der Waals surface area contributed by atoms with Crippen molar-refractivity contribution in [3.8, 4) is 0 Å². The largest absolute Gasteiger partial charge is 0.480 e. The molecule has 1 rings (SSSR count). The Morgan fingerprint density at radius 1 is 1.27 bits per heavy atom. The van der Waals surface area contributed by atoms with Crippen molar-refractivity contribution in [3.05, 3.63) is 0 Å². The molecule has 1 aliphatic rings. The van der Waals surface area contributed by atoms with Gasteiger partial charge in [-0.05, 0) is 13.6 Å². The topological polar surface area (TPSA) is 84.2 Å². The molecule has 8 heteroatoms. The quantitative estimate of drug-likeness (QED) is 0.484. The van der Waals surface area contributed by atoms with Gasteiger partial charge in [0.05, 0.1) is 0 Å². The normalized spacial score (nSPS) is 23.9. The third-order valence-corrected chi connectivity index (χ3v) is 2.75. The third-order valence-electron chi connectivity index (χ3n) is 2.75. The first-order chi connectivity index (χ1) is 6.93. The van der Waals surface area contributed by atoms with Crippen molar-refractivity contribution in [2.24, 2.45) is 0 Å². The number of nitrogens with zero attached hydrogens (tertiary/aromatic N) is 2. The highest BCUT2D eigenvalue weighted by molar-refractivity contribution is 6.46. The maximum Gasteiger partial charge on any atom is 0.377 e. The second kappa shape index (κ2) is 4.98. The Morgan fingerprint density at radius 3 is 2.27 bits per heavy atom. The minimum Gasteiger partial charge on any atom is -0.480 e. The molecule has 1 fully saturated rings. The summed E-state index contributed by atoms with van der Waals surface area (Å²) in [7, 11) is -1.43. The molecule has 0 aliphatic carbocycles. The smallest absolute Gasteiger partial charge is 0.377 e. The van der Waals surface area contributed by atoms with Crippen LogP contribution in [0.25, 0.3) is 0 Å². The number of piperazine rings is 1. The molecule has 1 heterocycles. The first kappa shape index (κ1) is 12.5. The van der Waals surface area contributed by atoms with Crippen LogP contribution in [0, 0.1) is 0 Å². The van der Waals surface area contributed by atoms with Gasteiger partial charge in [-0.1, -0.05) is 0 Å². The number of carbonyl (C=O) groups is 1. The minimum absolute atomic E-state index is 0.234. The zero-order valence-electron chi connectivity index (χ0n) is 9.00. The molecular weight excluding hydrogens is 198 g/mol. The van der Waals surface area contributed by atoms with Crippen LogP contribution in [0.1, 0.15) is 0 Å². The van der Waals surface area contributed by atoms with E-state index in [0.29, 0.717) is 13.1 Å². The molecule has 1 atom stereocenters. The van der Waals surface area contributed by atoms with E-state index in [2.05, 4.69) is 0 Å².